The number of hydrogen-bond acceptors (Lipinski definition) is 3. The first-order valence-electron chi connectivity index (χ1n) is 4.98. The summed E-state index contributed by atoms with van der Waals surface area (Å²) in [6, 6.07) is -0.0408. The van der Waals surface area contributed by atoms with Gasteiger partial charge in [0, 0.05) is 19.7 Å². The van der Waals surface area contributed by atoms with Gasteiger partial charge in [-0.15, -0.1) is 0 Å². The Balaban J connectivity index is 3.65. The molecule has 0 amide bonds. The zero-order valence-corrected chi connectivity index (χ0v) is 8.94. The molecule has 1 unspecified atom stereocenters. The quantitative estimate of drug-likeness (QED) is 0.658. The maximum Gasteiger partial charge on any atom is 0.390 e. The lowest BCUT2D eigenvalue weighted by atomic mass is 10.1. The summed E-state index contributed by atoms with van der Waals surface area (Å²) in [5.74, 6) is 0. The second-order valence-corrected chi connectivity index (χ2v) is 3.40. The van der Waals surface area contributed by atoms with E-state index in [4.69, 9.17) is 10.5 Å². The van der Waals surface area contributed by atoms with E-state index in [1.54, 1.807) is 0 Å². The van der Waals surface area contributed by atoms with Gasteiger partial charge in [0.15, 0.2) is 0 Å². The van der Waals surface area contributed by atoms with E-state index < -0.39 is 12.6 Å². The fourth-order valence-electron chi connectivity index (χ4n) is 1.23. The van der Waals surface area contributed by atoms with Crippen molar-refractivity contribution >= 4 is 0 Å². The minimum absolute atomic E-state index is 0.0408. The molecule has 0 aromatic rings. The van der Waals surface area contributed by atoms with Gasteiger partial charge in [-0.05, 0) is 19.4 Å². The van der Waals surface area contributed by atoms with Crippen molar-refractivity contribution in [3.05, 3.63) is 0 Å². The van der Waals surface area contributed by atoms with Crippen LogP contribution in [0.1, 0.15) is 19.3 Å². The lowest BCUT2D eigenvalue weighted by molar-refractivity contribution is -0.133. The summed E-state index contributed by atoms with van der Waals surface area (Å²) >= 11 is 0. The molecule has 0 heterocycles. The molecule has 6 heteroatoms. The molecule has 0 aliphatic carbocycles. The first kappa shape index (κ1) is 14.7. The molecule has 0 fully saturated rings. The van der Waals surface area contributed by atoms with Crippen molar-refractivity contribution in [3.63, 3.8) is 0 Å². The second-order valence-electron chi connectivity index (χ2n) is 3.40. The Morgan fingerprint density at radius 1 is 1.40 bits per heavy atom. The number of alkyl halides is 3. The predicted molar refractivity (Wildman–Crippen MR) is 52.6 cm³/mol. The van der Waals surface area contributed by atoms with Crippen molar-refractivity contribution in [2.24, 2.45) is 5.73 Å². The van der Waals surface area contributed by atoms with Crippen LogP contribution in [0.3, 0.4) is 0 Å². The van der Waals surface area contributed by atoms with Crippen molar-refractivity contribution in [3.8, 4) is 0 Å². The van der Waals surface area contributed by atoms with Crippen LogP contribution in [-0.4, -0.2) is 39.0 Å². The molecule has 3 nitrogen and oxygen atoms in total. The molecular weight excluding hydrogens is 209 g/mol. The molecule has 0 radical (unpaired) electrons. The lowest BCUT2D eigenvalue weighted by Gasteiger charge is -2.18. The van der Waals surface area contributed by atoms with Crippen LogP contribution in [0, 0.1) is 0 Å². The first-order valence-corrected chi connectivity index (χ1v) is 4.98. The normalized spacial score (nSPS) is 14.2. The third kappa shape index (κ3) is 9.96. The van der Waals surface area contributed by atoms with Crippen LogP contribution in [-0.2, 0) is 4.74 Å². The number of hydrogen-bond donors (Lipinski definition) is 2. The van der Waals surface area contributed by atoms with Crippen LogP contribution in [0.4, 0.5) is 13.2 Å². The summed E-state index contributed by atoms with van der Waals surface area (Å²) in [4.78, 5) is 0. The Kier molecular flexibility index (Phi) is 7.72. The maximum atomic E-state index is 11.9. The summed E-state index contributed by atoms with van der Waals surface area (Å²) < 4.78 is 40.5. The number of nitrogens with one attached hydrogen (secondary N) is 1. The van der Waals surface area contributed by atoms with Crippen molar-refractivity contribution < 1.29 is 17.9 Å². The van der Waals surface area contributed by atoms with Crippen molar-refractivity contribution in [1.29, 1.82) is 0 Å². The lowest BCUT2D eigenvalue weighted by Crippen LogP contribution is -2.36. The van der Waals surface area contributed by atoms with Gasteiger partial charge in [-0.1, -0.05) is 0 Å². The number of ether oxygens (including phenoxy) is 1. The van der Waals surface area contributed by atoms with E-state index in [-0.39, 0.29) is 12.6 Å². The Bertz CT molecular complexity index is 153. The summed E-state index contributed by atoms with van der Waals surface area (Å²) in [6.45, 7) is 0.890. The number of halogens is 3. The zero-order valence-electron chi connectivity index (χ0n) is 8.94. The molecular formula is C9H19F3N2O. The molecule has 0 spiro atoms. The summed E-state index contributed by atoms with van der Waals surface area (Å²) in [5.41, 5.74) is 5.32. The zero-order chi connectivity index (χ0) is 11.7. The summed E-state index contributed by atoms with van der Waals surface area (Å²) in [6.07, 6.45) is -3.39. The standard InChI is InChI=1S/C9H19F3N2O/c1-15-7-8(3-2-5-13)14-6-4-9(10,11)12/h8,14H,2-7,13H2,1H3. The van der Waals surface area contributed by atoms with Gasteiger partial charge in [0.1, 0.15) is 0 Å². The molecule has 0 aromatic carbocycles. The smallest absolute Gasteiger partial charge is 0.383 e. The van der Waals surface area contributed by atoms with Gasteiger partial charge < -0.3 is 15.8 Å². The van der Waals surface area contributed by atoms with E-state index in [1.165, 1.54) is 7.11 Å². The van der Waals surface area contributed by atoms with Gasteiger partial charge in [0.25, 0.3) is 0 Å². The van der Waals surface area contributed by atoms with E-state index in [2.05, 4.69) is 5.32 Å². The number of methoxy groups -OCH3 is 1. The Morgan fingerprint density at radius 2 is 2.07 bits per heavy atom. The van der Waals surface area contributed by atoms with Crippen molar-refractivity contribution in [2.75, 3.05) is 26.8 Å². The highest BCUT2D eigenvalue weighted by Crippen LogP contribution is 2.18. The predicted octanol–water partition coefficient (Wildman–Crippen LogP) is 1.28. The maximum absolute atomic E-state index is 11.9. The minimum atomic E-state index is -4.10. The molecule has 0 saturated carbocycles. The van der Waals surface area contributed by atoms with Crippen molar-refractivity contribution in [2.45, 2.75) is 31.5 Å². The summed E-state index contributed by atoms with van der Waals surface area (Å²) in [7, 11) is 1.53. The number of rotatable bonds is 8. The summed E-state index contributed by atoms with van der Waals surface area (Å²) in [5, 5.41) is 2.81. The molecule has 15 heavy (non-hydrogen) atoms. The Labute approximate surface area is 88.2 Å². The van der Waals surface area contributed by atoms with Crippen LogP contribution < -0.4 is 11.1 Å². The topological polar surface area (TPSA) is 47.3 Å². The molecule has 0 aliphatic heterocycles. The largest absolute Gasteiger partial charge is 0.390 e. The van der Waals surface area contributed by atoms with Gasteiger partial charge in [0.05, 0.1) is 13.0 Å². The van der Waals surface area contributed by atoms with E-state index in [1.807, 2.05) is 0 Å². The molecule has 0 aromatic heterocycles. The van der Waals surface area contributed by atoms with Crippen LogP contribution in [0.15, 0.2) is 0 Å². The van der Waals surface area contributed by atoms with E-state index >= 15 is 0 Å². The minimum Gasteiger partial charge on any atom is -0.383 e. The van der Waals surface area contributed by atoms with Gasteiger partial charge in [-0.3, -0.25) is 0 Å². The Hall–Kier alpha value is -0.330. The van der Waals surface area contributed by atoms with Gasteiger partial charge in [-0.25, -0.2) is 0 Å². The van der Waals surface area contributed by atoms with Crippen LogP contribution >= 0.6 is 0 Å². The fourth-order valence-corrected chi connectivity index (χ4v) is 1.23. The molecule has 0 saturated heterocycles. The third-order valence-electron chi connectivity index (χ3n) is 1.97. The Morgan fingerprint density at radius 3 is 2.53 bits per heavy atom. The third-order valence-corrected chi connectivity index (χ3v) is 1.97. The van der Waals surface area contributed by atoms with E-state index in [0.29, 0.717) is 13.2 Å². The molecule has 3 N–H and O–H groups in total. The average Bonchev–Trinajstić information content (AvgIpc) is 2.12. The highest BCUT2D eigenvalue weighted by Gasteiger charge is 2.26. The molecule has 0 bridgehead atoms. The van der Waals surface area contributed by atoms with Crippen LogP contribution in [0.25, 0.3) is 0 Å². The van der Waals surface area contributed by atoms with Crippen LogP contribution in [0.5, 0.6) is 0 Å². The second kappa shape index (κ2) is 7.90. The highest BCUT2D eigenvalue weighted by molar-refractivity contribution is 4.67. The first-order chi connectivity index (χ1) is 6.99. The van der Waals surface area contributed by atoms with Crippen molar-refractivity contribution in [1.82, 2.24) is 5.32 Å². The van der Waals surface area contributed by atoms with Gasteiger partial charge >= 0.3 is 6.18 Å². The molecule has 1 atom stereocenters. The average molecular weight is 228 g/mol. The van der Waals surface area contributed by atoms with E-state index in [0.717, 1.165) is 12.8 Å². The SMILES string of the molecule is COCC(CCCN)NCCC(F)(F)F. The highest BCUT2D eigenvalue weighted by atomic mass is 19.4. The molecule has 0 aliphatic rings. The number of nitrogens with two attached hydrogens (primary N) is 1. The molecule has 0 rings (SSSR count). The monoisotopic (exact) mass is 228 g/mol. The van der Waals surface area contributed by atoms with Gasteiger partial charge in [-0.2, -0.15) is 13.2 Å². The van der Waals surface area contributed by atoms with Gasteiger partial charge in [0.2, 0.25) is 0 Å². The molecule has 92 valence electrons. The van der Waals surface area contributed by atoms with E-state index in [9.17, 15) is 13.2 Å². The van der Waals surface area contributed by atoms with Crippen LogP contribution in [0.2, 0.25) is 0 Å². The fraction of sp³-hybridized carbons (Fsp3) is 1.00.